The van der Waals surface area contributed by atoms with Crippen molar-refractivity contribution in [2.45, 2.75) is 70.3 Å². The average molecular weight is 623 g/mol. The first kappa shape index (κ1) is 32.4. The lowest BCUT2D eigenvalue weighted by atomic mass is 9.77. The molecule has 45 heavy (non-hydrogen) atoms. The fraction of sp³-hybridized carbons (Fsp3) is 0.316. The van der Waals surface area contributed by atoms with Crippen LogP contribution in [0.1, 0.15) is 75.3 Å². The summed E-state index contributed by atoms with van der Waals surface area (Å²) in [7, 11) is 0. The van der Waals surface area contributed by atoms with Crippen molar-refractivity contribution in [2.24, 2.45) is 5.92 Å². The molecule has 1 saturated carbocycles. The average Bonchev–Trinajstić information content (AvgIpc) is 3.03. The van der Waals surface area contributed by atoms with E-state index in [1.807, 2.05) is 12.1 Å². The van der Waals surface area contributed by atoms with E-state index < -0.39 is 35.1 Å². The van der Waals surface area contributed by atoms with E-state index in [0.717, 1.165) is 29.2 Å². The highest BCUT2D eigenvalue weighted by molar-refractivity contribution is 5.67. The Labute approximate surface area is 260 Å². The van der Waals surface area contributed by atoms with Crippen molar-refractivity contribution in [3.05, 3.63) is 119 Å². The summed E-state index contributed by atoms with van der Waals surface area (Å²) in [4.78, 5) is 0. The van der Waals surface area contributed by atoms with Crippen LogP contribution >= 0.6 is 0 Å². The maximum atomic E-state index is 14.6. The fourth-order valence-electron chi connectivity index (χ4n) is 6.09. The zero-order valence-corrected chi connectivity index (χ0v) is 25.1. The molecule has 1 aliphatic carbocycles. The lowest BCUT2D eigenvalue weighted by Crippen LogP contribution is -2.21. The van der Waals surface area contributed by atoms with Gasteiger partial charge in [0.2, 0.25) is 0 Å². The molecule has 4 aromatic carbocycles. The standard InChI is InChI=1S/C38H36F6O/c1-2-3-4-5-25-6-10-27(11-7-25)29-14-16-30(17-15-29)28-12-8-26(9-13-28)20-21-38(43,44)45-32-18-19-33(34(39)24-32)31-22-35(40)37(42)36(41)23-31/h8-9,12-25,27H,2-7,10-11H2,1H3. The Bertz CT molecular complexity index is 1580. The maximum absolute atomic E-state index is 14.6. The van der Waals surface area contributed by atoms with Crippen LogP contribution in [0.25, 0.3) is 28.3 Å². The Hall–Kier alpha value is -4.00. The van der Waals surface area contributed by atoms with Crippen molar-refractivity contribution in [1.82, 2.24) is 0 Å². The molecule has 1 aliphatic rings. The molecular weight excluding hydrogens is 586 g/mol. The molecular formula is C38H36F6O. The van der Waals surface area contributed by atoms with E-state index in [-0.39, 0.29) is 11.1 Å². The van der Waals surface area contributed by atoms with Gasteiger partial charge in [-0.3, -0.25) is 0 Å². The predicted octanol–water partition coefficient (Wildman–Crippen LogP) is 12.1. The van der Waals surface area contributed by atoms with Crippen molar-refractivity contribution in [2.75, 3.05) is 0 Å². The van der Waals surface area contributed by atoms with E-state index in [9.17, 15) is 26.3 Å². The number of alkyl halides is 2. The second-order valence-electron chi connectivity index (χ2n) is 11.9. The number of ether oxygens (including phenoxy) is 1. The largest absolute Gasteiger partial charge is 0.429 e. The van der Waals surface area contributed by atoms with E-state index in [0.29, 0.717) is 35.8 Å². The highest BCUT2D eigenvalue weighted by atomic mass is 19.3. The van der Waals surface area contributed by atoms with Crippen molar-refractivity contribution in [3.63, 3.8) is 0 Å². The zero-order chi connectivity index (χ0) is 32.0. The minimum Gasteiger partial charge on any atom is -0.429 e. The Morgan fingerprint density at radius 2 is 1.33 bits per heavy atom. The minimum atomic E-state index is -3.77. The normalized spacial score (nSPS) is 17.1. The van der Waals surface area contributed by atoms with Crippen LogP contribution in [-0.4, -0.2) is 6.11 Å². The van der Waals surface area contributed by atoms with Crippen LogP contribution in [0, 0.1) is 29.2 Å². The summed E-state index contributed by atoms with van der Waals surface area (Å²) < 4.78 is 88.7. The Balaban J connectivity index is 1.17. The molecule has 0 atom stereocenters. The van der Waals surface area contributed by atoms with Crippen LogP contribution in [0.4, 0.5) is 26.3 Å². The highest BCUT2D eigenvalue weighted by Gasteiger charge is 2.28. The van der Waals surface area contributed by atoms with E-state index in [1.54, 1.807) is 12.1 Å². The Morgan fingerprint density at radius 1 is 0.711 bits per heavy atom. The first-order valence-corrected chi connectivity index (χ1v) is 15.5. The molecule has 0 N–H and O–H groups in total. The topological polar surface area (TPSA) is 9.23 Å². The van der Waals surface area contributed by atoms with Crippen LogP contribution in [0.15, 0.2) is 84.9 Å². The fourth-order valence-corrected chi connectivity index (χ4v) is 6.09. The van der Waals surface area contributed by atoms with Gasteiger partial charge >= 0.3 is 6.11 Å². The van der Waals surface area contributed by atoms with E-state index in [4.69, 9.17) is 0 Å². The van der Waals surface area contributed by atoms with Gasteiger partial charge in [-0.2, -0.15) is 8.78 Å². The summed E-state index contributed by atoms with van der Waals surface area (Å²) in [5.41, 5.74) is 3.34. The van der Waals surface area contributed by atoms with Crippen molar-refractivity contribution < 1.29 is 31.1 Å². The zero-order valence-electron chi connectivity index (χ0n) is 25.1. The summed E-state index contributed by atoms with van der Waals surface area (Å²) in [5, 5.41) is 0. The quantitative estimate of drug-likeness (QED) is 0.0919. The van der Waals surface area contributed by atoms with Crippen LogP contribution in [0.5, 0.6) is 5.75 Å². The third kappa shape index (κ3) is 8.38. The van der Waals surface area contributed by atoms with Gasteiger partial charge in [0.1, 0.15) is 11.6 Å². The third-order valence-electron chi connectivity index (χ3n) is 8.65. The molecule has 1 fully saturated rings. The molecule has 0 unspecified atom stereocenters. The molecule has 1 nitrogen and oxygen atoms in total. The lowest BCUT2D eigenvalue weighted by molar-refractivity contribution is -0.131. The van der Waals surface area contributed by atoms with Crippen molar-refractivity contribution in [3.8, 4) is 28.0 Å². The van der Waals surface area contributed by atoms with Gasteiger partial charge in [0, 0.05) is 17.7 Å². The SMILES string of the molecule is CCCCCC1CCC(c2ccc(-c3ccc(C=CC(F)(F)Oc4ccc(-c5cc(F)c(F)c(F)c5)c(F)c4)cc3)cc2)CC1. The molecule has 7 heteroatoms. The second-order valence-corrected chi connectivity index (χ2v) is 11.9. The third-order valence-corrected chi connectivity index (χ3v) is 8.65. The molecule has 0 bridgehead atoms. The Morgan fingerprint density at radius 3 is 1.93 bits per heavy atom. The summed E-state index contributed by atoms with van der Waals surface area (Å²) >= 11 is 0. The molecule has 0 heterocycles. The van der Waals surface area contributed by atoms with Gasteiger partial charge in [-0.1, -0.05) is 81.1 Å². The van der Waals surface area contributed by atoms with E-state index in [1.165, 1.54) is 63.0 Å². The number of hydrogen-bond acceptors (Lipinski definition) is 1. The predicted molar refractivity (Wildman–Crippen MR) is 167 cm³/mol. The van der Waals surface area contributed by atoms with E-state index >= 15 is 0 Å². The van der Waals surface area contributed by atoms with Crippen LogP contribution in [-0.2, 0) is 0 Å². The molecule has 236 valence electrons. The molecule has 0 spiro atoms. The van der Waals surface area contributed by atoms with Crippen molar-refractivity contribution >= 4 is 6.08 Å². The smallest absolute Gasteiger partial charge is 0.419 e. The van der Waals surface area contributed by atoms with Gasteiger partial charge in [0.15, 0.2) is 17.5 Å². The molecule has 0 aliphatic heterocycles. The maximum Gasteiger partial charge on any atom is 0.419 e. The summed E-state index contributed by atoms with van der Waals surface area (Å²) in [6.07, 6.45) is 8.39. The summed E-state index contributed by atoms with van der Waals surface area (Å²) in [6.45, 7) is 2.25. The van der Waals surface area contributed by atoms with Gasteiger partial charge in [-0.15, -0.1) is 0 Å². The summed E-state index contributed by atoms with van der Waals surface area (Å²) in [5.74, 6) is -4.75. The van der Waals surface area contributed by atoms with Crippen LogP contribution < -0.4 is 4.74 Å². The van der Waals surface area contributed by atoms with Gasteiger partial charge in [0.05, 0.1) is 0 Å². The van der Waals surface area contributed by atoms with Gasteiger partial charge in [-0.05, 0) is 95.7 Å². The minimum absolute atomic E-state index is 0.281. The van der Waals surface area contributed by atoms with Crippen LogP contribution in [0.3, 0.4) is 0 Å². The molecule has 0 radical (unpaired) electrons. The lowest BCUT2D eigenvalue weighted by Gasteiger charge is -2.29. The number of hydrogen-bond donors (Lipinski definition) is 0. The van der Waals surface area contributed by atoms with Gasteiger partial charge in [-0.25, -0.2) is 17.6 Å². The number of halogens is 6. The first-order chi connectivity index (χ1) is 21.6. The van der Waals surface area contributed by atoms with Gasteiger partial charge in [0.25, 0.3) is 0 Å². The van der Waals surface area contributed by atoms with Gasteiger partial charge < -0.3 is 4.74 Å². The molecule has 0 amide bonds. The molecule has 0 saturated heterocycles. The highest BCUT2D eigenvalue weighted by Crippen LogP contribution is 2.38. The number of unbranched alkanes of at least 4 members (excludes halogenated alkanes) is 2. The summed E-state index contributed by atoms with van der Waals surface area (Å²) in [6, 6.07) is 19.8. The monoisotopic (exact) mass is 622 g/mol. The van der Waals surface area contributed by atoms with Crippen LogP contribution in [0.2, 0.25) is 0 Å². The van der Waals surface area contributed by atoms with Crippen molar-refractivity contribution in [1.29, 1.82) is 0 Å². The Kier molecular flexibility index (Phi) is 10.4. The van der Waals surface area contributed by atoms with E-state index in [2.05, 4.69) is 35.9 Å². The number of rotatable bonds is 11. The first-order valence-electron chi connectivity index (χ1n) is 15.5. The number of benzene rings is 4. The molecule has 4 aromatic rings. The molecule has 0 aromatic heterocycles. The second kappa shape index (κ2) is 14.4. The molecule has 5 rings (SSSR count).